The Kier molecular flexibility index (Phi) is 6.74. The first kappa shape index (κ1) is 18.9. The van der Waals surface area contributed by atoms with Crippen molar-refractivity contribution >= 4 is 23.3 Å². The van der Waals surface area contributed by atoms with Crippen LogP contribution in [0.4, 0.5) is 4.39 Å². The Labute approximate surface area is 147 Å². The second kappa shape index (κ2) is 8.58. The van der Waals surface area contributed by atoms with Crippen molar-refractivity contribution < 1.29 is 14.6 Å². The van der Waals surface area contributed by atoms with Crippen molar-refractivity contribution in [2.45, 2.75) is 6.42 Å². The maximum absolute atomic E-state index is 13.9. The molecular formula is C17H23ClFN3O2. The van der Waals surface area contributed by atoms with E-state index in [1.54, 1.807) is 12.3 Å². The Hall–Kier alpha value is -1.47. The highest BCUT2D eigenvalue weighted by Gasteiger charge is 2.17. The summed E-state index contributed by atoms with van der Waals surface area (Å²) in [5, 5.41) is 19.6. The lowest BCUT2D eigenvalue weighted by Gasteiger charge is -2.34. The van der Waals surface area contributed by atoms with Gasteiger partial charge < -0.3 is 15.1 Å². The highest BCUT2D eigenvalue weighted by Crippen LogP contribution is 2.29. The van der Waals surface area contributed by atoms with Gasteiger partial charge in [-0.2, -0.15) is 0 Å². The SMILES string of the molecule is Cl.OCCN1CCN(CCc2cc(F)c(O)c3ncccc23)CC1. The number of hydrogen-bond donors (Lipinski definition) is 2. The number of phenolic OH excluding ortho intramolecular Hbond substituents is 1. The van der Waals surface area contributed by atoms with E-state index in [0.29, 0.717) is 5.52 Å². The quantitative estimate of drug-likeness (QED) is 0.854. The number of fused-ring (bicyclic) bond motifs is 1. The standard InChI is InChI=1S/C17H22FN3O2.ClH/c18-15-12-13(14-2-1-4-19-16(14)17(15)23)3-5-20-6-8-21(9-7-20)10-11-22;/h1-2,4,12,22-23H,3,5-11H2;1H. The van der Waals surface area contributed by atoms with E-state index in [4.69, 9.17) is 5.11 Å². The van der Waals surface area contributed by atoms with Crippen molar-refractivity contribution in [2.24, 2.45) is 0 Å². The average Bonchev–Trinajstić information content (AvgIpc) is 2.58. The first-order chi connectivity index (χ1) is 11.2. The number of halogens is 2. The summed E-state index contributed by atoms with van der Waals surface area (Å²) in [4.78, 5) is 8.69. The maximum atomic E-state index is 13.9. The van der Waals surface area contributed by atoms with Gasteiger partial charge in [0.15, 0.2) is 11.6 Å². The van der Waals surface area contributed by atoms with Gasteiger partial charge in [-0.1, -0.05) is 6.07 Å². The number of aromatic nitrogens is 1. The number of hydrogen-bond acceptors (Lipinski definition) is 5. The molecule has 24 heavy (non-hydrogen) atoms. The van der Waals surface area contributed by atoms with E-state index in [2.05, 4.69) is 14.8 Å². The number of rotatable bonds is 5. The van der Waals surface area contributed by atoms with Gasteiger partial charge in [0.25, 0.3) is 0 Å². The van der Waals surface area contributed by atoms with Gasteiger partial charge in [-0.3, -0.25) is 9.88 Å². The number of aliphatic hydroxyl groups is 1. The highest BCUT2D eigenvalue weighted by molar-refractivity contribution is 5.87. The number of β-amino-alcohol motifs (C(OH)–C–C–N with tert-alkyl or cyclic N) is 1. The second-order valence-electron chi connectivity index (χ2n) is 5.92. The summed E-state index contributed by atoms with van der Waals surface area (Å²) < 4.78 is 13.9. The Balaban J connectivity index is 0.00000208. The lowest BCUT2D eigenvalue weighted by Crippen LogP contribution is -2.47. The van der Waals surface area contributed by atoms with Crippen LogP contribution in [0.1, 0.15) is 5.56 Å². The molecule has 2 N–H and O–H groups in total. The topological polar surface area (TPSA) is 59.8 Å². The molecule has 1 saturated heterocycles. The fourth-order valence-electron chi connectivity index (χ4n) is 3.13. The van der Waals surface area contributed by atoms with Gasteiger partial charge in [0.05, 0.1) is 6.61 Å². The molecule has 0 aliphatic carbocycles. The number of aromatic hydroxyl groups is 1. The van der Waals surface area contributed by atoms with Crippen LogP contribution in [0.2, 0.25) is 0 Å². The lowest BCUT2D eigenvalue weighted by molar-refractivity contribution is 0.113. The number of benzene rings is 1. The molecule has 5 nitrogen and oxygen atoms in total. The Morgan fingerprint density at radius 3 is 2.46 bits per heavy atom. The molecule has 2 heterocycles. The first-order valence-electron chi connectivity index (χ1n) is 7.99. The van der Waals surface area contributed by atoms with E-state index in [9.17, 15) is 9.50 Å². The Morgan fingerprint density at radius 1 is 1.12 bits per heavy atom. The molecule has 0 bridgehead atoms. The molecule has 3 rings (SSSR count). The predicted molar refractivity (Wildman–Crippen MR) is 94.3 cm³/mol. The smallest absolute Gasteiger partial charge is 0.178 e. The largest absolute Gasteiger partial charge is 0.503 e. The second-order valence-corrected chi connectivity index (χ2v) is 5.92. The van der Waals surface area contributed by atoms with Gasteiger partial charge in [-0.05, 0) is 24.1 Å². The van der Waals surface area contributed by atoms with Crippen LogP contribution in [-0.4, -0.2) is 70.9 Å². The van der Waals surface area contributed by atoms with Crippen LogP contribution in [0.15, 0.2) is 24.4 Å². The number of nitrogens with zero attached hydrogens (tertiary/aromatic N) is 3. The van der Waals surface area contributed by atoms with Gasteiger partial charge in [0.2, 0.25) is 0 Å². The predicted octanol–water partition coefficient (Wildman–Crippen LogP) is 1.65. The zero-order chi connectivity index (χ0) is 16.2. The first-order valence-corrected chi connectivity index (χ1v) is 7.99. The molecule has 1 aliphatic heterocycles. The monoisotopic (exact) mass is 355 g/mol. The highest BCUT2D eigenvalue weighted by atomic mass is 35.5. The Bertz CT molecular complexity index is 678. The molecule has 1 fully saturated rings. The van der Waals surface area contributed by atoms with Crippen molar-refractivity contribution in [1.29, 1.82) is 0 Å². The number of piperazine rings is 1. The van der Waals surface area contributed by atoms with Crippen molar-refractivity contribution in [3.8, 4) is 5.75 Å². The van der Waals surface area contributed by atoms with Gasteiger partial charge >= 0.3 is 0 Å². The number of aliphatic hydroxyl groups excluding tert-OH is 1. The summed E-state index contributed by atoms with van der Waals surface area (Å²) in [6.45, 7) is 5.59. The van der Waals surface area contributed by atoms with Crippen molar-refractivity contribution in [3.05, 3.63) is 35.8 Å². The zero-order valence-corrected chi connectivity index (χ0v) is 14.3. The minimum Gasteiger partial charge on any atom is -0.503 e. The molecule has 2 aromatic rings. The van der Waals surface area contributed by atoms with Crippen LogP contribution in [0, 0.1) is 5.82 Å². The molecule has 0 atom stereocenters. The van der Waals surface area contributed by atoms with Crippen LogP contribution >= 0.6 is 12.4 Å². The Morgan fingerprint density at radius 2 is 1.79 bits per heavy atom. The maximum Gasteiger partial charge on any atom is 0.178 e. The molecular weight excluding hydrogens is 333 g/mol. The summed E-state index contributed by atoms with van der Waals surface area (Å²) in [7, 11) is 0. The summed E-state index contributed by atoms with van der Waals surface area (Å²) in [5.41, 5.74) is 1.21. The summed E-state index contributed by atoms with van der Waals surface area (Å²) in [6.07, 6.45) is 2.28. The third-order valence-corrected chi connectivity index (χ3v) is 4.48. The number of pyridine rings is 1. The van der Waals surface area contributed by atoms with Crippen LogP contribution in [-0.2, 0) is 6.42 Å². The molecule has 7 heteroatoms. The van der Waals surface area contributed by atoms with Gasteiger partial charge in [-0.15, -0.1) is 12.4 Å². The van der Waals surface area contributed by atoms with E-state index in [1.165, 1.54) is 6.07 Å². The van der Waals surface area contributed by atoms with E-state index >= 15 is 0 Å². The summed E-state index contributed by atoms with van der Waals surface area (Å²) in [6, 6.07) is 5.09. The minimum atomic E-state index is -0.612. The zero-order valence-electron chi connectivity index (χ0n) is 13.5. The molecule has 0 saturated carbocycles. The molecule has 0 radical (unpaired) electrons. The molecule has 1 aliphatic rings. The molecule has 1 aromatic carbocycles. The van der Waals surface area contributed by atoms with E-state index < -0.39 is 5.82 Å². The summed E-state index contributed by atoms with van der Waals surface area (Å²) >= 11 is 0. The normalized spacial score (nSPS) is 16.2. The van der Waals surface area contributed by atoms with Crippen LogP contribution < -0.4 is 0 Å². The van der Waals surface area contributed by atoms with Crippen LogP contribution in [0.3, 0.4) is 0 Å². The third kappa shape index (κ3) is 4.13. The lowest BCUT2D eigenvalue weighted by atomic mass is 10.0. The van der Waals surface area contributed by atoms with Crippen LogP contribution in [0.5, 0.6) is 5.75 Å². The average molecular weight is 356 g/mol. The fraction of sp³-hybridized carbons (Fsp3) is 0.471. The van der Waals surface area contributed by atoms with Crippen molar-refractivity contribution in [1.82, 2.24) is 14.8 Å². The molecule has 1 aromatic heterocycles. The third-order valence-electron chi connectivity index (χ3n) is 4.48. The van der Waals surface area contributed by atoms with Gasteiger partial charge in [0, 0.05) is 50.9 Å². The van der Waals surface area contributed by atoms with E-state index in [0.717, 1.165) is 56.6 Å². The van der Waals surface area contributed by atoms with Gasteiger partial charge in [-0.25, -0.2) is 4.39 Å². The van der Waals surface area contributed by atoms with Crippen LogP contribution in [0.25, 0.3) is 10.9 Å². The molecule has 0 amide bonds. The van der Waals surface area contributed by atoms with Gasteiger partial charge in [0.1, 0.15) is 5.52 Å². The van der Waals surface area contributed by atoms with Crippen molar-refractivity contribution in [3.63, 3.8) is 0 Å². The summed E-state index contributed by atoms with van der Waals surface area (Å²) in [5.74, 6) is -0.985. The number of phenols is 1. The molecule has 132 valence electrons. The van der Waals surface area contributed by atoms with Crippen molar-refractivity contribution in [2.75, 3.05) is 45.9 Å². The molecule has 0 unspecified atom stereocenters. The fourth-order valence-corrected chi connectivity index (χ4v) is 3.13. The minimum absolute atomic E-state index is 0. The molecule has 0 spiro atoms. The van der Waals surface area contributed by atoms with E-state index in [1.807, 2.05) is 6.07 Å². The van der Waals surface area contributed by atoms with E-state index in [-0.39, 0.29) is 24.8 Å².